The second kappa shape index (κ2) is 11.0. The highest BCUT2D eigenvalue weighted by Gasteiger charge is 2.38. The Bertz CT molecular complexity index is 1410. The number of benzene rings is 2. The standard InChI is InChI=1S/C32H42N4O3S/c1-20-24-18-35-28-15-22(17-36(40-5)34-32(3,33-20)21(2)37)11-13-26(28)30(23-9-7-6-8-10-23)31(35)27-14-12-25(38-4)16-29(27)39-19-24/h11-16,20,23-24,33-34H,6-10,17-19H2,1-5H3/t20?,24-,32?/m0/s1. The number of hydrogen-bond acceptors (Lipinski definition) is 7. The first-order chi connectivity index (χ1) is 19.3. The number of fused-ring (bicyclic) bond motifs is 4. The number of carbonyl (C=O) groups excluding carboxylic acids is 1. The van der Waals surface area contributed by atoms with Crippen molar-refractivity contribution in [2.45, 2.75) is 83.6 Å². The lowest BCUT2D eigenvalue weighted by Gasteiger charge is -2.40. The van der Waals surface area contributed by atoms with Gasteiger partial charge in [-0.2, -0.15) is 4.41 Å². The first-order valence-electron chi connectivity index (χ1n) is 14.7. The number of nitrogens with one attached hydrogen (secondary N) is 2. The van der Waals surface area contributed by atoms with E-state index in [9.17, 15) is 4.79 Å². The minimum Gasteiger partial charge on any atom is -0.497 e. The van der Waals surface area contributed by atoms with Gasteiger partial charge < -0.3 is 14.0 Å². The number of ketones is 1. The predicted octanol–water partition coefficient (Wildman–Crippen LogP) is 6.25. The largest absolute Gasteiger partial charge is 0.497 e. The fourth-order valence-electron chi connectivity index (χ4n) is 6.89. The topological polar surface area (TPSA) is 67.8 Å². The number of hydrogen-bond donors (Lipinski definition) is 2. The summed E-state index contributed by atoms with van der Waals surface area (Å²) in [5.74, 6) is 2.37. The highest BCUT2D eigenvalue weighted by molar-refractivity contribution is 7.96. The van der Waals surface area contributed by atoms with Crippen LogP contribution in [0, 0.1) is 5.92 Å². The number of carbonyl (C=O) groups is 1. The van der Waals surface area contributed by atoms with Crippen LogP contribution in [0.5, 0.6) is 11.5 Å². The van der Waals surface area contributed by atoms with Crippen LogP contribution in [0.15, 0.2) is 36.4 Å². The van der Waals surface area contributed by atoms with Crippen molar-refractivity contribution in [3.05, 3.63) is 47.5 Å². The molecule has 0 spiro atoms. The molecule has 0 saturated heterocycles. The summed E-state index contributed by atoms with van der Waals surface area (Å²) in [5, 5.41) is 5.04. The average molecular weight is 563 g/mol. The summed E-state index contributed by atoms with van der Waals surface area (Å²) in [4.78, 5) is 13.0. The molecule has 0 radical (unpaired) electrons. The van der Waals surface area contributed by atoms with Crippen molar-refractivity contribution in [3.8, 4) is 22.8 Å². The molecule has 6 rings (SSSR count). The maximum absolute atomic E-state index is 13.0. The molecule has 3 aliphatic rings. The Kier molecular flexibility index (Phi) is 7.63. The van der Waals surface area contributed by atoms with Gasteiger partial charge in [0.15, 0.2) is 5.78 Å². The summed E-state index contributed by atoms with van der Waals surface area (Å²) < 4.78 is 16.9. The van der Waals surface area contributed by atoms with E-state index in [1.54, 1.807) is 26.0 Å². The van der Waals surface area contributed by atoms with Gasteiger partial charge in [0.1, 0.15) is 17.2 Å². The van der Waals surface area contributed by atoms with Crippen LogP contribution in [-0.2, 0) is 17.9 Å². The first kappa shape index (κ1) is 27.6. The molecule has 1 aromatic heterocycles. The molecule has 0 amide bonds. The van der Waals surface area contributed by atoms with E-state index in [1.807, 2.05) is 19.2 Å². The minimum atomic E-state index is -0.912. The van der Waals surface area contributed by atoms with Gasteiger partial charge in [0.25, 0.3) is 0 Å². The van der Waals surface area contributed by atoms with Gasteiger partial charge >= 0.3 is 0 Å². The van der Waals surface area contributed by atoms with E-state index in [0.717, 1.165) is 23.6 Å². The van der Waals surface area contributed by atoms with Crippen LogP contribution in [0.2, 0.25) is 0 Å². The molecule has 7 nitrogen and oxygen atoms in total. The molecule has 1 aliphatic carbocycles. The molecule has 3 aromatic rings. The van der Waals surface area contributed by atoms with Crippen LogP contribution in [-0.4, -0.2) is 46.4 Å². The zero-order valence-corrected chi connectivity index (χ0v) is 25.2. The zero-order valence-electron chi connectivity index (χ0n) is 24.4. The van der Waals surface area contributed by atoms with Gasteiger partial charge in [-0.05, 0) is 75.1 Å². The SMILES string of the molecule is COc1ccc2c(c1)OC[C@@H]1Cn3c-2c(C2CCCCC2)c2ccc(cc23)CN(SC)NC(C)(C(C)=O)NC1C. The summed E-state index contributed by atoms with van der Waals surface area (Å²) in [5.41, 5.74) is 9.02. The molecule has 4 bridgehead atoms. The molecular weight excluding hydrogens is 520 g/mol. The third-order valence-electron chi connectivity index (χ3n) is 9.32. The Morgan fingerprint density at radius 3 is 2.67 bits per heavy atom. The quantitative estimate of drug-likeness (QED) is 0.364. The predicted molar refractivity (Wildman–Crippen MR) is 163 cm³/mol. The molecule has 2 aliphatic heterocycles. The summed E-state index contributed by atoms with van der Waals surface area (Å²) in [7, 11) is 1.71. The Labute approximate surface area is 242 Å². The van der Waals surface area contributed by atoms with E-state index < -0.39 is 5.66 Å². The first-order valence-corrected chi connectivity index (χ1v) is 15.8. The number of hydrazine groups is 1. The third kappa shape index (κ3) is 4.93. The second-order valence-electron chi connectivity index (χ2n) is 11.9. The van der Waals surface area contributed by atoms with E-state index in [2.05, 4.69) is 57.0 Å². The fourth-order valence-corrected chi connectivity index (χ4v) is 7.44. The summed E-state index contributed by atoms with van der Waals surface area (Å²) in [6, 6.07) is 13.3. The van der Waals surface area contributed by atoms with Gasteiger partial charge in [-0.15, -0.1) is 0 Å². The van der Waals surface area contributed by atoms with E-state index >= 15 is 0 Å². The monoisotopic (exact) mass is 562 g/mol. The number of methoxy groups -OCH3 is 1. The summed E-state index contributed by atoms with van der Waals surface area (Å²) >= 11 is 1.60. The highest BCUT2D eigenvalue weighted by atomic mass is 32.2. The summed E-state index contributed by atoms with van der Waals surface area (Å²) in [6.45, 7) is 7.79. The van der Waals surface area contributed by atoms with Crippen molar-refractivity contribution < 1.29 is 14.3 Å². The molecule has 3 heterocycles. The van der Waals surface area contributed by atoms with Crippen molar-refractivity contribution in [1.82, 2.24) is 19.7 Å². The molecule has 2 N–H and O–H groups in total. The highest BCUT2D eigenvalue weighted by Crippen LogP contribution is 2.48. The molecule has 1 fully saturated rings. The Morgan fingerprint density at radius 2 is 1.95 bits per heavy atom. The van der Waals surface area contributed by atoms with E-state index in [4.69, 9.17) is 9.47 Å². The number of aromatic nitrogens is 1. The maximum atomic E-state index is 13.0. The lowest BCUT2D eigenvalue weighted by molar-refractivity contribution is -0.126. The molecule has 214 valence electrons. The van der Waals surface area contributed by atoms with Crippen LogP contribution in [0.3, 0.4) is 0 Å². The van der Waals surface area contributed by atoms with Gasteiger partial charge in [-0.1, -0.05) is 43.3 Å². The van der Waals surface area contributed by atoms with Gasteiger partial charge in [-0.25, -0.2) is 5.43 Å². The van der Waals surface area contributed by atoms with Crippen LogP contribution in [0.1, 0.15) is 69.9 Å². The number of rotatable bonds is 4. The number of Topliss-reactive ketones (excluding diaryl/α,β-unsaturated/α-hetero) is 1. The molecule has 2 unspecified atom stereocenters. The van der Waals surface area contributed by atoms with E-state index in [0.29, 0.717) is 19.1 Å². The van der Waals surface area contributed by atoms with Gasteiger partial charge in [0.2, 0.25) is 0 Å². The van der Waals surface area contributed by atoms with E-state index in [-0.39, 0.29) is 17.7 Å². The Hall–Kier alpha value is -2.52. The molecule has 1 saturated carbocycles. The molecule has 40 heavy (non-hydrogen) atoms. The van der Waals surface area contributed by atoms with Crippen molar-refractivity contribution in [2.75, 3.05) is 20.0 Å². The zero-order chi connectivity index (χ0) is 28.0. The van der Waals surface area contributed by atoms with Crippen LogP contribution >= 0.6 is 11.9 Å². The van der Waals surface area contributed by atoms with Crippen molar-refractivity contribution in [3.63, 3.8) is 0 Å². The maximum Gasteiger partial charge on any atom is 0.165 e. The van der Waals surface area contributed by atoms with Crippen LogP contribution in [0.25, 0.3) is 22.2 Å². The van der Waals surface area contributed by atoms with Crippen molar-refractivity contribution in [1.29, 1.82) is 0 Å². The van der Waals surface area contributed by atoms with Gasteiger partial charge in [-0.3, -0.25) is 10.1 Å². The van der Waals surface area contributed by atoms with Crippen molar-refractivity contribution >= 4 is 28.6 Å². The molecular formula is C32H42N4O3S. The molecule has 3 atom stereocenters. The lowest BCUT2D eigenvalue weighted by atomic mass is 9.81. The van der Waals surface area contributed by atoms with Gasteiger partial charge in [0, 0.05) is 47.6 Å². The Balaban J connectivity index is 1.62. The lowest BCUT2D eigenvalue weighted by Crippen LogP contribution is -2.66. The number of ether oxygens (including phenoxy) is 2. The third-order valence-corrected chi connectivity index (χ3v) is 9.98. The smallest absolute Gasteiger partial charge is 0.165 e. The number of nitrogens with zero attached hydrogens (tertiary/aromatic N) is 2. The van der Waals surface area contributed by atoms with Crippen LogP contribution < -0.4 is 20.2 Å². The normalized spacial score (nSPS) is 25.9. The van der Waals surface area contributed by atoms with Gasteiger partial charge in [0.05, 0.1) is 19.4 Å². The molecule has 2 aromatic carbocycles. The fraction of sp³-hybridized carbons (Fsp3) is 0.531. The van der Waals surface area contributed by atoms with Crippen molar-refractivity contribution in [2.24, 2.45) is 5.92 Å². The second-order valence-corrected chi connectivity index (χ2v) is 12.7. The van der Waals surface area contributed by atoms with Crippen LogP contribution in [0.4, 0.5) is 0 Å². The minimum absolute atomic E-state index is 0.00306. The average Bonchev–Trinajstić information content (AvgIpc) is 3.25. The van der Waals surface area contributed by atoms with E-state index in [1.165, 1.54) is 59.8 Å². The Morgan fingerprint density at radius 1 is 1.15 bits per heavy atom. The molecule has 8 heteroatoms. The summed E-state index contributed by atoms with van der Waals surface area (Å²) in [6.07, 6.45) is 8.38.